The molecule has 6 heteroatoms. The first-order valence-corrected chi connectivity index (χ1v) is 7.01. The Kier molecular flexibility index (Phi) is 4.15. The minimum Gasteiger partial charge on any atom is -0.366 e. The summed E-state index contributed by atoms with van der Waals surface area (Å²) in [6, 6.07) is 14.5. The van der Waals surface area contributed by atoms with E-state index in [2.05, 4.69) is 20.6 Å². The van der Waals surface area contributed by atoms with Gasteiger partial charge >= 0.3 is 0 Å². The van der Waals surface area contributed by atoms with Crippen LogP contribution in [0.1, 0.15) is 10.4 Å². The van der Waals surface area contributed by atoms with E-state index in [0.29, 0.717) is 17.1 Å². The quantitative estimate of drug-likeness (QED) is 0.673. The highest BCUT2D eigenvalue weighted by Crippen LogP contribution is 2.23. The average Bonchev–Trinajstić information content (AvgIpc) is 2.56. The number of carbonyl (C=O) groups is 1. The molecule has 4 N–H and O–H groups in total. The average molecular weight is 305 g/mol. The molecule has 3 rings (SSSR count). The molecule has 0 unspecified atom stereocenters. The summed E-state index contributed by atoms with van der Waals surface area (Å²) in [6.07, 6.45) is 5.09. The molecule has 0 spiro atoms. The number of amides is 1. The number of hydrogen-bond acceptors (Lipinski definition) is 5. The van der Waals surface area contributed by atoms with E-state index >= 15 is 0 Å². The van der Waals surface area contributed by atoms with Crippen LogP contribution in [-0.2, 0) is 0 Å². The van der Waals surface area contributed by atoms with Gasteiger partial charge in [0.15, 0.2) is 0 Å². The van der Waals surface area contributed by atoms with Gasteiger partial charge in [0.1, 0.15) is 5.82 Å². The number of primary amides is 1. The Balaban J connectivity index is 1.82. The van der Waals surface area contributed by atoms with Gasteiger partial charge in [0.25, 0.3) is 5.91 Å². The summed E-state index contributed by atoms with van der Waals surface area (Å²) >= 11 is 0. The fourth-order valence-corrected chi connectivity index (χ4v) is 2.12. The van der Waals surface area contributed by atoms with Gasteiger partial charge in [-0.25, -0.2) is 4.98 Å². The third-order valence-electron chi connectivity index (χ3n) is 3.17. The molecule has 2 aromatic heterocycles. The molecule has 0 fully saturated rings. The lowest BCUT2D eigenvalue weighted by molar-refractivity contribution is 0.100. The Hall–Kier alpha value is -3.41. The second-order valence-corrected chi connectivity index (χ2v) is 4.83. The summed E-state index contributed by atoms with van der Waals surface area (Å²) in [4.78, 5) is 19.8. The normalized spacial score (nSPS) is 10.1. The summed E-state index contributed by atoms with van der Waals surface area (Å²) in [5.74, 6) is 0.190. The molecular formula is C17H15N5O. The highest BCUT2D eigenvalue weighted by molar-refractivity contribution is 5.99. The van der Waals surface area contributed by atoms with Gasteiger partial charge in [-0.15, -0.1) is 0 Å². The largest absolute Gasteiger partial charge is 0.366 e. The van der Waals surface area contributed by atoms with E-state index in [1.54, 1.807) is 36.8 Å². The van der Waals surface area contributed by atoms with Gasteiger partial charge in [-0.1, -0.05) is 12.1 Å². The minimum absolute atomic E-state index is 0.436. The number of aromatic nitrogens is 2. The maximum Gasteiger partial charge on any atom is 0.250 e. The van der Waals surface area contributed by atoms with Gasteiger partial charge in [-0.3, -0.25) is 9.78 Å². The van der Waals surface area contributed by atoms with Gasteiger partial charge in [0.05, 0.1) is 23.1 Å². The second kappa shape index (κ2) is 6.57. The first kappa shape index (κ1) is 14.5. The van der Waals surface area contributed by atoms with Crippen LogP contribution >= 0.6 is 0 Å². The lowest BCUT2D eigenvalue weighted by atomic mass is 10.1. The Morgan fingerprint density at radius 1 is 0.957 bits per heavy atom. The van der Waals surface area contributed by atoms with Crippen molar-refractivity contribution in [3.8, 4) is 0 Å². The summed E-state index contributed by atoms with van der Waals surface area (Å²) in [7, 11) is 0. The van der Waals surface area contributed by atoms with E-state index in [1.165, 1.54) is 0 Å². The van der Waals surface area contributed by atoms with Gasteiger partial charge < -0.3 is 16.4 Å². The fraction of sp³-hybridized carbons (Fsp3) is 0. The molecule has 0 aliphatic rings. The van der Waals surface area contributed by atoms with Crippen LogP contribution in [0.3, 0.4) is 0 Å². The number of hydrogen-bond donors (Lipinski definition) is 3. The van der Waals surface area contributed by atoms with Crippen molar-refractivity contribution in [2.45, 2.75) is 0 Å². The molecule has 0 bridgehead atoms. The number of nitrogens with one attached hydrogen (secondary N) is 2. The fourth-order valence-electron chi connectivity index (χ4n) is 2.12. The highest BCUT2D eigenvalue weighted by atomic mass is 16.1. The van der Waals surface area contributed by atoms with Crippen molar-refractivity contribution in [1.82, 2.24) is 9.97 Å². The van der Waals surface area contributed by atoms with Crippen LogP contribution in [0.5, 0.6) is 0 Å². The van der Waals surface area contributed by atoms with E-state index in [-0.39, 0.29) is 0 Å². The monoisotopic (exact) mass is 305 g/mol. The molecule has 0 aliphatic carbocycles. The molecule has 6 nitrogen and oxygen atoms in total. The summed E-state index contributed by atoms with van der Waals surface area (Å²) < 4.78 is 0. The third kappa shape index (κ3) is 3.62. The van der Waals surface area contributed by atoms with Crippen LogP contribution in [0.15, 0.2) is 67.1 Å². The van der Waals surface area contributed by atoms with Crippen molar-refractivity contribution in [2.24, 2.45) is 5.73 Å². The number of pyridine rings is 2. The van der Waals surface area contributed by atoms with Gasteiger partial charge in [0, 0.05) is 24.1 Å². The molecule has 3 aromatic rings. The predicted molar refractivity (Wildman–Crippen MR) is 90.0 cm³/mol. The summed E-state index contributed by atoms with van der Waals surface area (Å²) in [5, 5.41) is 6.35. The molecule has 1 aromatic carbocycles. The zero-order chi connectivity index (χ0) is 16.1. The molecule has 0 saturated carbocycles. The highest BCUT2D eigenvalue weighted by Gasteiger charge is 2.07. The van der Waals surface area contributed by atoms with E-state index in [0.717, 1.165) is 11.4 Å². The number of rotatable bonds is 5. The van der Waals surface area contributed by atoms with E-state index in [4.69, 9.17) is 5.73 Å². The molecule has 23 heavy (non-hydrogen) atoms. The zero-order valence-corrected chi connectivity index (χ0v) is 12.2. The molecule has 0 aliphatic heterocycles. The maximum atomic E-state index is 11.5. The Morgan fingerprint density at radius 2 is 1.83 bits per heavy atom. The standard InChI is InChI=1S/C17H15N5O/c18-17(23)14-5-1-2-6-15(14)21-12-7-9-20-16(10-12)22-13-4-3-8-19-11-13/h1-11H,(H2,18,23)(H2,20,21,22). The second-order valence-electron chi connectivity index (χ2n) is 4.83. The van der Waals surface area contributed by atoms with Crippen molar-refractivity contribution in [1.29, 1.82) is 0 Å². The van der Waals surface area contributed by atoms with Crippen LogP contribution in [0, 0.1) is 0 Å². The van der Waals surface area contributed by atoms with Crippen molar-refractivity contribution in [3.63, 3.8) is 0 Å². The first-order chi connectivity index (χ1) is 11.2. The molecule has 114 valence electrons. The van der Waals surface area contributed by atoms with E-state index in [9.17, 15) is 4.79 Å². The molecule has 0 atom stereocenters. The van der Waals surface area contributed by atoms with Crippen molar-refractivity contribution in [3.05, 3.63) is 72.7 Å². The van der Waals surface area contributed by atoms with Crippen LogP contribution in [0.4, 0.5) is 22.9 Å². The molecular weight excluding hydrogens is 290 g/mol. The van der Waals surface area contributed by atoms with Gasteiger partial charge in [-0.2, -0.15) is 0 Å². The molecule has 0 saturated heterocycles. The maximum absolute atomic E-state index is 11.5. The summed E-state index contributed by atoms with van der Waals surface area (Å²) in [6.45, 7) is 0. The number of benzene rings is 1. The van der Waals surface area contributed by atoms with Gasteiger partial charge in [-0.05, 0) is 30.3 Å². The van der Waals surface area contributed by atoms with Crippen LogP contribution in [-0.4, -0.2) is 15.9 Å². The van der Waals surface area contributed by atoms with Crippen LogP contribution in [0.25, 0.3) is 0 Å². The third-order valence-corrected chi connectivity index (χ3v) is 3.17. The number of carbonyl (C=O) groups excluding carboxylic acids is 1. The number of nitrogens with zero attached hydrogens (tertiary/aromatic N) is 2. The van der Waals surface area contributed by atoms with Crippen molar-refractivity contribution >= 4 is 28.8 Å². The zero-order valence-electron chi connectivity index (χ0n) is 12.2. The topological polar surface area (TPSA) is 92.9 Å². The predicted octanol–water partition coefficient (Wildman–Crippen LogP) is 3.06. The first-order valence-electron chi connectivity index (χ1n) is 7.01. The Labute approximate surface area is 133 Å². The lowest BCUT2D eigenvalue weighted by Crippen LogP contribution is -2.13. The van der Waals surface area contributed by atoms with E-state index < -0.39 is 5.91 Å². The molecule has 1 amide bonds. The smallest absolute Gasteiger partial charge is 0.250 e. The van der Waals surface area contributed by atoms with Gasteiger partial charge in [0.2, 0.25) is 0 Å². The number of anilines is 4. The molecule has 0 radical (unpaired) electrons. The Morgan fingerprint density at radius 3 is 2.61 bits per heavy atom. The van der Waals surface area contributed by atoms with Crippen molar-refractivity contribution in [2.75, 3.05) is 10.6 Å². The summed E-state index contributed by atoms with van der Waals surface area (Å²) in [5.41, 5.74) is 8.11. The number of para-hydroxylation sites is 1. The van der Waals surface area contributed by atoms with Crippen LogP contribution in [0.2, 0.25) is 0 Å². The molecule has 2 heterocycles. The van der Waals surface area contributed by atoms with Crippen molar-refractivity contribution < 1.29 is 4.79 Å². The Bertz CT molecular complexity index is 820. The SMILES string of the molecule is NC(=O)c1ccccc1Nc1ccnc(Nc2cccnc2)c1. The van der Waals surface area contributed by atoms with E-state index in [1.807, 2.05) is 30.3 Å². The minimum atomic E-state index is -0.476. The van der Waals surface area contributed by atoms with Crippen LogP contribution < -0.4 is 16.4 Å². The lowest BCUT2D eigenvalue weighted by Gasteiger charge is -2.11. The number of nitrogens with two attached hydrogens (primary N) is 1.